The van der Waals surface area contributed by atoms with E-state index in [1.807, 2.05) is 0 Å². The summed E-state index contributed by atoms with van der Waals surface area (Å²) in [6, 6.07) is 5.28. The van der Waals surface area contributed by atoms with Gasteiger partial charge in [-0.3, -0.25) is 4.79 Å². The molecule has 1 aliphatic heterocycles. The van der Waals surface area contributed by atoms with E-state index in [1.54, 1.807) is 0 Å². The molecule has 0 aromatic heterocycles. The number of rotatable bonds is 5. The molecule has 23 heavy (non-hydrogen) atoms. The molecule has 0 amide bonds. The number of benzene rings is 1. The van der Waals surface area contributed by atoms with Crippen molar-refractivity contribution in [3.05, 3.63) is 29.8 Å². The SMILES string of the molecule is O=C(O)CCCC1CCN(c2ccc(C(F)(F)F)cc2)CC1.[LiH]. The molecule has 0 bridgehead atoms. The number of carbonyl (C=O) groups is 1. The zero-order chi connectivity index (χ0) is 16.2. The molecule has 1 aliphatic rings. The summed E-state index contributed by atoms with van der Waals surface area (Å²) in [5, 5.41) is 8.62. The zero-order valence-corrected chi connectivity index (χ0v) is 12.3. The fourth-order valence-electron chi connectivity index (χ4n) is 2.88. The predicted molar refractivity (Wildman–Crippen MR) is 85.0 cm³/mol. The first-order valence-electron chi connectivity index (χ1n) is 7.50. The molecule has 0 spiro atoms. The van der Waals surface area contributed by atoms with E-state index in [0.29, 0.717) is 12.3 Å². The van der Waals surface area contributed by atoms with Crippen LogP contribution in [0.1, 0.15) is 37.7 Å². The van der Waals surface area contributed by atoms with Crippen LogP contribution in [-0.2, 0) is 11.0 Å². The number of anilines is 1. The first-order chi connectivity index (χ1) is 10.4. The van der Waals surface area contributed by atoms with Gasteiger partial charge in [-0.2, -0.15) is 13.2 Å². The van der Waals surface area contributed by atoms with Crippen LogP contribution in [0.2, 0.25) is 0 Å². The van der Waals surface area contributed by atoms with Gasteiger partial charge in [-0.1, -0.05) is 0 Å². The van der Waals surface area contributed by atoms with Gasteiger partial charge in [0.2, 0.25) is 0 Å². The average molecular weight is 323 g/mol. The summed E-state index contributed by atoms with van der Waals surface area (Å²) < 4.78 is 37.6. The molecule has 2 rings (SSSR count). The first-order valence-corrected chi connectivity index (χ1v) is 7.50. The van der Waals surface area contributed by atoms with E-state index < -0.39 is 17.7 Å². The van der Waals surface area contributed by atoms with E-state index >= 15 is 0 Å². The maximum atomic E-state index is 12.5. The number of alkyl halides is 3. The minimum atomic E-state index is -4.30. The van der Waals surface area contributed by atoms with Gasteiger partial charge in [-0.05, 0) is 55.9 Å². The van der Waals surface area contributed by atoms with Gasteiger partial charge in [0.1, 0.15) is 0 Å². The van der Waals surface area contributed by atoms with Crippen molar-refractivity contribution < 1.29 is 23.1 Å². The van der Waals surface area contributed by atoms with Crippen LogP contribution in [-0.4, -0.2) is 43.0 Å². The molecule has 1 heterocycles. The molecule has 1 saturated heterocycles. The van der Waals surface area contributed by atoms with Crippen LogP contribution in [0.4, 0.5) is 18.9 Å². The Labute approximate surface area is 146 Å². The van der Waals surface area contributed by atoms with Crippen LogP contribution in [0.25, 0.3) is 0 Å². The molecular formula is C16H21F3LiNO2. The Morgan fingerprint density at radius 1 is 1.17 bits per heavy atom. The Kier molecular flexibility index (Phi) is 7.49. The topological polar surface area (TPSA) is 40.5 Å². The van der Waals surface area contributed by atoms with Crippen LogP contribution < -0.4 is 4.90 Å². The van der Waals surface area contributed by atoms with Crippen molar-refractivity contribution in [3.8, 4) is 0 Å². The molecule has 124 valence electrons. The summed E-state index contributed by atoms with van der Waals surface area (Å²) >= 11 is 0. The first kappa shape index (κ1) is 19.9. The molecule has 0 unspecified atom stereocenters. The van der Waals surface area contributed by atoms with Crippen molar-refractivity contribution >= 4 is 30.5 Å². The van der Waals surface area contributed by atoms with Crippen LogP contribution >= 0.6 is 0 Å². The normalized spacial score (nSPS) is 16.0. The average Bonchev–Trinajstić information content (AvgIpc) is 2.47. The monoisotopic (exact) mass is 323 g/mol. The Balaban J connectivity index is 0.00000264. The second-order valence-electron chi connectivity index (χ2n) is 5.76. The van der Waals surface area contributed by atoms with Gasteiger partial charge in [0.15, 0.2) is 0 Å². The van der Waals surface area contributed by atoms with Gasteiger partial charge in [0, 0.05) is 25.2 Å². The van der Waals surface area contributed by atoms with Crippen LogP contribution in [0, 0.1) is 5.92 Å². The van der Waals surface area contributed by atoms with Crippen molar-refractivity contribution in [1.29, 1.82) is 0 Å². The minimum absolute atomic E-state index is 0. The van der Waals surface area contributed by atoms with Crippen LogP contribution in [0.5, 0.6) is 0 Å². The number of hydrogen-bond acceptors (Lipinski definition) is 2. The van der Waals surface area contributed by atoms with Gasteiger partial charge in [-0.15, -0.1) is 0 Å². The van der Waals surface area contributed by atoms with Gasteiger partial charge in [0.05, 0.1) is 5.56 Å². The number of piperidine rings is 1. The molecule has 1 N–H and O–H groups in total. The quantitative estimate of drug-likeness (QED) is 0.843. The summed E-state index contributed by atoms with van der Waals surface area (Å²) in [7, 11) is 0. The van der Waals surface area contributed by atoms with E-state index in [9.17, 15) is 18.0 Å². The molecule has 0 atom stereocenters. The Morgan fingerprint density at radius 3 is 2.22 bits per heavy atom. The molecule has 3 nitrogen and oxygen atoms in total. The predicted octanol–water partition coefficient (Wildman–Crippen LogP) is 3.53. The van der Waals surface area contributed by atoms with E-state index in [0.717, 1.165) is 50.2 Å². The van der Waals surface area contributed by atoms with Gasteiger partial charge >= 0.3 is 31.0 Å². The fourth-order valence-corrected chi connectivity index (χ4v) is 2.88. The maximum absolute atomic E-state index is 12.5. The standard InChI is InChI=1S/C16H20F3NO2.Li.H/c17-16(18,19)13-4-6-14(7-5-13)20-10-8-12(9-11-20)2-1-3-15(21)22;;/h4-7,12H,1-3,8-11H2,(H,21,22);;. The number of carboxylic acids is 1. The Bertz CT molecular complexity index is 497. The molecule has 1 aromatic rings. The van der Waals surface area contributed by atoms with Crippen molar-refractivity contribution in [2.75, 3.05) is 18.0 Å². The summed E-state index contributed by atoms with van der Waals surface area (Å²) in [5.74, 6) is -0.243. The summed E-state index contributed by atoms with van der Waals surface area (Å²) in [6.07, 6.45) is -0.566. The van der Waals surface area contributed by atoms with Crippen molar-refractivity contribution in [1.82, 2.24) is 0 Å². The molecule has 1 aromatic carbocycles. The summed E-state index contributed by atoms with van der Waals surface area (Å²) in [5.41, 5.74) is 0.191. The molecule has 0 aliphatic carbocycles. The third kappa shape index (κ3) is 6.12. The second-order valence-corrected chi connectivity index (χ2v) is 5.76. The van der Waals surface area contributed by atoms with E-state index in [1.165, 1.54) is 12.1 Å². The third-order valence-electron chi connectivity index (χ3n) is 4.18. The third-order valence-corrected chi connectivity index (χ3v) is 4.18. The van der Waals surface area contributed by atoms with Crippen molar-refractivity contribution in [3.63, 3.8) is 0 Å². The summed E-state index contributed by atoms with van der Waals surface area (Å²) in [4.78, 5) is 12.6. The Morgan fingerprint density at radius 2 is 1.74 bits per heavy atom. The number of aliphatic carboxylic acids is 1. The van der Waals surface area contributed by atoms with Gasteiger partial charge in [0.25, 0.3) is 0 Å². The second kappa shape index (κ2) is 8.65. The van der Waals surface area contributed by atoms with Crippen molar-refractivity contribution in [2.45, 2.75) is 38.3 Å². The number of hydrogen-bond donors (Lipinski definition) is 1. The fraction of sp³-hybridized carbons (Fsp3) is 0.562. The molecule has 7 heteroatoms. The molecule has 0 radical (unpaired) electrons. The number of nitrogens with zero attached hydrogens (tertiary/aromatic N) is 1. The van der Waals surface area contributed by atoms with Gasteiger partial charge < -0.3 is 10.0 Å². The summed E-state index contributed by atoms with van der Waals surface area (Å²) in [6.45, 7) is 1.62. The van der Waals surface area contributed by atoms with E-state index in [2.05, 4.69) is 4.90 Å². The van der Waals surface area contributed by atoms with Crippen LogP contribution in [0.15, 0.2) is 24.3 Å². The van der Waals surface area contributed by atoms with Crippen LogP contribution in [0.3, 0.4) is 0 Å². The zero-order valence-electron chi connectivity index (χ0n) is 12.3. The molecule has 1 fully saturated rings. The number of carboxylic acid groups (broad SMARTS) is 1. The Hall–Kier alpha value is -1.12. The molecular weight excluding hydrogens is 302 g/mol. The van der Waals surface area contributed by atoms with E-state index in [-0.39, 0.29) is 25.3 Å². The van der Waals surface area contributed by atoms with E-state index in [4.69, 9.17) is 5.11 Å². The number of halogens is 3. The van der Waals surface area contributed by atoms with Gasteiger partial charge in [-0.25, -0.2) is 0 Å². The molecule has 0 saturated carbocycles. The van der Waals surface area contributed by atoms with Crippen molar-refractivity contribution in [2.24, 2.45) is 5.92 Å².